The topological polar surface area (TPSA) is 131 Å². The number of aromatic nitrogens is 4. The molecular formula is C21H28N8O3S2. The Labute approximate surface area is 202 Å². The van der Waals surface area contributed by atoms with Crippen molar-refractivity contribution in [2.75, 3.05) is 63.3 Å². The summed E-state index contributed by atoms with van der Waals surface area (Å²) in [5.74, 6) is 1.67. The summed E-state index contributed by atoms with van der Waals surface area (Å²) < 4.78 is 31.9. The van der Waals surface area contributed by atoms with E-state index in [0.29, 0.717) is 31.1 Å². The monoisotopic (exact) mass is 504 g/mol. The number of hydrogen-bond donors (Lipinski definition) is 1. The van der Waals surface area contributed by atoms with E-state index in [2.05, 4.69) is 25.8 Å². The van der Waals surface area contributed by atoms with E-state index in [4.69, 9.17) is 20.4 Å². The second-order valence-electron chi connectivity index (χ2n) is 8.68. The average Bonchev–Trinajstić information content (AvgIpc) is 3.45. The van der Waals surface area contributed by atoms with Gasteiger partial charge in [0, 0.05) is 63.1 Å². The first-order valence-corrected chi connectivity index (χ1v) is 13.8. The van der Waals surface area contributed by atoms with Crippen molar-refractivity contribution in [3.05, 3.63) is 23.3 Å². The Hall–Kier alpha value is -2.45. The largest absolute Gasteiger partial charge is 0.378 e. The lowest BCUT2D eigenvalue weighted by Crippen LogP contribution is -2.38. The van der Waals surface area contributed by atoms with E-state index in [9.17, 15) is 8.42 Å². The molecule has 2 aliphatic rings. The molecule has 182 valence electrons. The van der Waals surface area contributed by atoms with Crippen LogP contribution in [0.1, 0.15) is 11.3 Å². The Bertz CT molecular complexity index is 1280. The quantitative estimate of drug-likeness (QED) is 0.519. The van der Waals surface area contributed by atoms with Crippen LogP contribution < -0.4 is 10.6 Å². The van der Waals surface area contributed by atoms with Crippen LogP contribution in [0.5, 0.6) is 0 Å². The van der Waals surface area contributed by atoms with Gasteiger partial charge in [0.1, 0.15) is 0 Å². The molecule has 11 nitrogen and oxygen atoms in total. The molecule has 34 heavy (non-hydrogen) atoms. The molecule has 0 amide bonds. The van der Waals surface area contributed by atoms with Gasteiger partial charge in [-0.15, -0.1) is 11.3 Å². The van der Waals surface area contributed by atoms with E-state index in [-0.39, 0.29) is 12.0 Å². The third-order valence-corrected chi connectivity index (χ3v) is 8.76. The third kappa shape index (κ3) is 4.84. The van der Waals surface area contributed by atoms with Crippen molar-refractivity contribution in [3.63, 3.8) is 0 Å². The Kier molecular flexibility index (Phi) is 6.37. The van der Waals surface area contributed by atoms with Gasteiger partial charge in [-0.3, -0.25) is 4.90 Å². The first kappa shape index (κ1) is 23.3. The van der Waals surface area contributed by atoms with Gasteiger partial charge in [0.2, 0.25) is 16.0 Å². The van der Waals surface area contributed by atoms with Crippen LogP contribution in [0.25, 0.3) is 21.6 Å². The molecule has 0 radical (unpaired) electrons. The maximum absolute atomic E-state index is 11.9. The molecule has 3 aromatic rings. The molecule has 0 aromatic carbocycles. The maximum Gasteiger partial charge on any atom is 0.219 e. The van der Waals surface area contributed by atoms with Crippen LogP contribution in [0.2, 0.25) is 0 Å². The summed E-state index contributed by atoms with van der Waals surface area (Å²) in [4.78, 5) is 23.6. The van der Waals surface area contributed by atoms with Gasteiger partial charge >= 0.3 is 0 Å². The highest BCUT2D eigenvalue weighted by atomic mass is 32.2. The number of anilines is 2. The normalized spacial score (nSPS) is 20.0. The van der Waals surface area contributed by atoms with Crippen molar-refractivity contribution in [3.8, 4) is 11.4 Å². The first-order valence-electron chi connectivity index (χ1n) is 11.1. The second-order valence-corrected chi connectivity index (χ2v) is 11.9. The van der Waals surface area contributed by atoms with Crippen molar-refractivity contribution in [1.82, 2.24) is 29.1 Å². The molecule has 5 heterocycles. The van der Waals surface area contributed by atoms with Gasteiger partial charge in [0.05, 0.1) is 35.2 Å². The average molecular weight is 505 g/mol. The zero-order valence-corrected chi connectivity index (χ0v) is 20.8. The van der Waals surface area contributed by atoms with Gasteiger partial charge in [-0.25, -0.2) is 32.7 Å². The Balaban J connectivity index is 1.45. The molecule has 2 fully saturated rings. The minimum Gasteiger partial charge on any atom is -0.378 e. The van der Waals surface area contributed by atoms with Crippen LogP contribution in [-0.2, 0) is 21.3 Å². The second kappa shape index (κ2) is 9.30. The number of sulfonamides is 1. The summed E-state index contributed by atoms with van der Waals surface area (Å²) in [6, 6.07) is 2.12. The number of likely N-dealkylation sites (N-methyl/N-ethyl adjacent to an activating group) is 1. The number of nitrogen functional groups attached to an aromatic ring is 1. The lowest BCUT2D eigenvalue weighted by molar-refractivity contribution is 0.122. The molecular weight excluding hydrogens is 476 g/mol. The van der Waals surface area contributed by atoms with E-state index in [1.165, 1.54) is 15.4 Å². The molecule has 1 atom stereocenters. The van der Waals surface area contributed by atoms with Crippen molar-refractivity contribution >= 4 is 43.3 Å². The molecule has 3 aromatic heterocycles. The highest BCUT2D eigenvalue weighted by molar-refractivity contribution is 7.88. The fourth-order valence-corrected chi connectivity index (χ4v) is 6.23. The zero-order valence-electron chi connectivity index (χ0n) is 19.2. The number of ether oxygens (including phenoxy) is 1. The van der Waals surface area contributed by atoms with Crippen LogP contribution in [0.3, 0.4) is 0 Å². The van der Waals surface area contributed by atoms with E-state index < -0.39 is 10.0 Å². The van der Waals surface area contributed by atoms with Crippen LogP contribution in [0.15, 0.2) is 18.5 Å². The van der Waals surface area contributed by atoms with Gasteiger partial charge in [-0.2, -0.15) is 0 Å². The van der Waals surface area contributed by atoms with Crippen LogP contribution >= 0.6 is 11.3 Å². The molecule has 5 rings (SSSR count). The Morgan fingerprint density at radius 2 is 1.94 bits per heavy atom. The smallest absolute Gasteiger partial charge is 0.219 e. The van der Waals surface area contributed by atoms with Gasteiger partial charge in [-0.05, 0) is 12.5 Å². The standard InChI is InChI=1S/C21H28N8O3S2/c1-27(34(2,30)31)15-3-4-28(12-15)13-16-9-17-18(33-16)20(29-5-7-32-8-6-29)26-19(25-17)14-10-23-21(22)24-11-14/h9-11,15H,3-8,12-13H2,1-2H3,(H2,22,23,24). The lowest BCUT2D eigenvalue weighted by Gasteiger charge is -2.28. The number of nitrogens with zero attached hydrogens (tertiary/aromatic N) is 7. The van der Waals surface area contributed by atoms with E-state index in [0.717, 1.165) is 48.6 Å². The van der Waals surface area contributed by atoms with Crippen molar-refractivity contribution in [1.29, 1.82) is 0 Å². The molecule has 0 saturated carbocycles. The number of nitrogens with two attached hydrogens (primary N) is 1. The highest BCUT2D eigenvalue weighted by Crippen LogP contribution is 2.35. The number of fused-ring (bicyclic) bond motifs is 1. The molecule has 2 saturated heterocycles. The molecule has 0 spiro atoms. The minimum atomic E-state index is -3.20. The van der Waals surface area contributed by atoms with E-state index >= 15 is 0 Å². The minimum absolute atomic E-state index is 0.00482. The number of morpholine rings is 1. The summed E-state index contributed by atoms with van der Waals surface area (Å²) in [5.41, 5.74) is 7.25. The molecule has 13 heteroatoms. The fraction of sp³-hybridized carbons (Fsp3) is 0.524. The highest BCUT2D eigenvalue weighted by Gasteiger charge is 2.30. The molecule has 0 aliphatic carbocycles. The summed E-state index contributed by atoms with van der Waals surface area (Å²) in [6.45, 7) is 5.17. The van der Waals surface area contributed by atoms with E-state index in [1.807, 2.05) is 0 Å². The maximum atomic E-state index is 11.9. The number of hydrogen-bond acceptors (Lipinski definition) is 11. The molecule has 1 unspecified atom stereocenters. The van der Waals surface area contributed by atoms with Crippen LogP contribution in [0, 0.1) is 0 Å². The molecule has 2 aliphatic heterocycles. The number of thiophene rings is 1. The summed E-state index contributed by atoms with van der Waals surface area (Å²) in [5, 5.41) is 0. The van der Waals surface area contributed by atoms with Crippen molar-refractivity contribution < 1.29 is 13.2 Å². The van der Waals surface area contributed by atoms with Gasteiger partial charge in [0.25, 0.3) is 0 Å². The van der Waals surface area contributed by atoms with Gasteiger partial charge in [-0.1, -0.05) is 0 Å². The number of rotatable bonds is 6. The third-order valence-electron chi connectivity index (χ3n) is 6.31. The predicted molar refractivity (Wildman–Crippen MR) is 132 cm³/mol. The SMILES string of the molecule is CN(C1CCN(Cc2cc3nc(-c4cnc(N)nc4)nc(N4CCOCC4)c3s2)C1)S(C)(=O)=O. The summed E-state index contributed by atoms with van der Waals surface area (Å²) in [7, 11) is -1.54. The molecule has 2 N–H and O–H groups in total. The molecule has 0 bridgehead atoms. The Morgan fingerprint density at radius 3 is 2.65 bits per heavy atom. The van der Waals surface area contributed by atoms with Crippen molar-refractivity contribution in [2.24, 2.45) is 0 Å². The van der Waals surface area contributed by atoms with Crippen LogP contribution in [0.4, 0.5) is 11.8 Å². The zero-order chi connectivity index (χ0) is 23.9. The van der Waals surface area contributed by atoms with Crippen molar-refractivity contribution in [2.45, 2.75) is 19.0 Å². The number of likely N-dealkylation sites (tertiary alicyclic amines) is 1. The summed E-state index contributed by atoms with van der Waals surface area (Å²) in [6.07, 6.45) is 5.37. The lowest BCUT2D eigenvalue weighted by atomic mass is 10.3. The van der Waals surface area contributed by atoms with E-state index in [1.54, 1.807) is 30.8 Å². The Morgan fingerprint density at radius 1 is 1.21 bits per heavy atom. The first-order chi connectivity index (χ1) is 16.3. The summed E-state index contributed by atoms with van der Waals surface area (Å²) >= 11 is 1.69. The predicted octanol–water partition coefficient (Wildman–Crippen LogP) is 1.03. The fourth-order valence-electron chi connectivity index (χ4n) is 4.36. The van der Waals surface area contributed by atoms with Crippen LogP contribution in [-0.4, -0.2) is 96.3 Å². The van der Waals surface area contributed by atoms with Gasteiger partial charge < -0.3 is 15.4 Å². The van der Waals surface area contributed by atoms with Gasteiger partial charge in [0.15, 0.2) is 11.6 Å².